The average Bonchev–Trinajstić information content (AvgIpc) is 2.20. The van der Waals surface area contributed by atoms with Crippen LogP contribution in [0.4, 0.5) is 0 Å². The lowest BCUT2D eigenvalue weighted by Crippen LogP contribution is -2.22. The first-order chi connectivity index (χ1) is 6.56. The molecule has 0 heterocycles. The number of hydrogen-bond donors (Lipinski definition) is 1. The number of nitrogens with two attached hydrogens (primary N) is 1. The Kier molecular flexibility index (Phi) is 3.92. The lowest BCUT2D eigenvalue weighted by Gasteiger charge is -2.10. The molecule has 0 radical (unpaired) electrons. The molecule has 1 unspecified atom stereocenters. The molecule has 2 N–H and O–H groups in total. The molecule has 1 aromatic rings. The fourth-order valence-electron chi connectivity index (χ4n) is 0.969. The third-order valence-corrected chi connectivity index (χ3v) is 2.97. The molecule has 14 heavy (non-hydrogen) atoms. The van der Waals surface area contributed by atoms with E-state index in [1.54, 1.807) is 18.2 Å². The van der Waals surface area contributed by atoms with Gasteiger partial charge in [0.25, 0.3) is 0 Å². The molecule has 0 bridgehead atoms. The van der Waals surface area contributed by atoms with E-state index < -0.39 is 12.0 Å². The van der Waals surface area contributed by atoms with Gasteiger partial charge in [0.1, 0.15) is 6.04 Å². The number of methoxy groups -OCH3 is 1. The van der Waals surface area contributed by atoms with Gasteiger partial charge in [-0.2, -0.15) is 0 Å². The Labute approximate surface area is 95.3 Å². The molecule has 0 aliphatic heterocycles. The topological polar surface area (TPSA) is 52.3 Å². The number of carbonyl (C=O) groups excluding carboxylic acids is 1. The third kappa shape index (κ3) is 2.47. The monoisotopic (exact) mass is 277 g/mol. The maximum Gasteiger partial charge on any atom is 0.327 e. The van der Waals surface area contributed by atoms with E-state index in [-0.39, 0.29) is 0 Å². The van der Waals surface area contributed by atoms with Crippen molar-refractivity contribution < 1.29 is 9.53 Å². The summed E-state index contributed by atoms with van der Waals surface area (Å²) in [4.78, 5) is 11.1. The molecule has 0 fully saturated rings. The Balaban J connectivity index is 2.96. The Morgan fingerprint density at radius 3 is 2.79 bits per heavy atom. The minimum Gasteiger partial charge on any atom is -0.468 e. The summed E-state index contributed by atoms with van der Waals surface area (Å²) in [6, 6.07) is 4.29. The normalized spacial score (nSPS) is 12.3. The van der Waals surface area contributed by atoms with Gasteiger partial charge in [0.05, 0.1) is 12.1 Å². The van der Waals surface area contributed by atoms with E-state index in [0.29, 0.717) is 15.1 Å². The first kappa shape index (κ1) is 11.5. The molecule has 0 aromatic heterocycles. The molecule has 76 valence electrons. The van der Waals surface area contributed by atoms with Crippen LogP contribution in [0, 0.1) is 0 Å². The van der Waals surface area contributed by atoms with Crippen molar-refractivity contribution in [3.05, 3.63) is 33.3 Å². The van der Waals surface area contributed by atoms with E-state index in [2.05, 4.69) is 20.7 Å². The van der Waals surface area contributed by atoms with Crippen LogP contribution in [0.1, 0.15) is 11.6 Å². The molecule has 0 aliphatic rings. The largest absolute Gasteiger partial charge is 0.468 e. The van der Waals surface area contributed by atoms with Crippen molar-refractivity contribution in [1.29, 1.82) is 0 Å². The van der Waals surface area contributed by atoms with Crippen molar-refractivity contribution >= 4 is 33.5 Å². The molecular weight excluding hydrogens is 269 g/mol. The van der Waals surface area contributed by atoms with Gasteiger partial charge in [0.15, 0.2) is 0 Å². The summed E-state index contributed by atoms with van der Waals surface area (Å²) in [5, 5.41) is 0.575. The standard InChI is InChI=1S/C9H9BrClNO2/c1-14-9(13)8(12)5-2-3-7(11)6(10)4-5/h2-4,8H,12H2,1H3. The minimum atomic E-state index is -0.770. The minimum absolute atomic E-state index is 0.473. The maximum absolute atomic E-state index is 11.1. The Hall–Kier alpha value is -0.580. The van der Waals surface area contributed by atoms with Gasteiger partial charge in [-0.1, -0.05) is 17.7 Å². The molecule has 3 nitrogen and oxygen atoms in total. The van der Waals surface area contributed by atoms with Crippen molar-refractivity contribution in [2.75, 3.05) is 7.11 Å². The third-order valence-electron chi connectivity index (χ3n) is 1.76. The highest BCUT2D eigenvalue weighted by molar-refractivity contribution is 9.10. The fourth-order valence-corrected chi connectivity index (χ4v) is 1.48. The van der Waals surface area contributed by atoms with E-state index in [4.69, 9.17) is 17.3 Å². The molecule has 0 saturated carbocycles. The highest BCUT2D eigenvalue weighted by Crippen LogP contribution is 2.25. The van der Waals surface area contributed by atoms with E-state index >= 15 is 0 Å². The van der Waals surface area contributed by atoms with Crippen molar-refractivity contribution in [3.8, 4) is 0 Å². The van der Waals surface area contributed by atoms with Crippen LogP contribution >= 0.6 is 27.5 Å². The van der Waals surface area contributed by atoms with Crippen molar-refractivity contribution in [3.63, 3.8) is 0 Å². The van der Waals surface area contributed by atoms with Crippen LogP contribution in [0.3, 0.4) is 0 Å². The zero-order chi connectivity index (χ0) is 10.7. The van der Waals surface area contributed by atoms with Gasteiger partial charge in [-0.05, 0) is 33.6 Å². The number of rotatable bonds is 2. The number of hydrogen-bond acceptors (Lipinski definition) is 3. The summed E-state index contributed by atoms with van der Waals surface area (Å²) in [6.45, 7) is 0. The number of benzene rings is 1. The van der Waals surface area contributed by atoms with Crippen LogP contribution in [0.5, 0.6) is 0 Å². The summed E-state index contributed by atoms with van der Waals surface area (Å²) in [5.41, 5.74) is 6.29. The van der Waals surface area contributed by atoms with E-state index in [1.807, 2.05) is 0 Å². The smallest absolute Gasteiger partial charge is 0.327 e. The summed E-state index contributed by atoms with van der Waals surface area (Å²) in [7, 11) is 1.30. The van der Waals surface area contributed by atoms with Crippen molar-refractivity contribution in [1.82, 2.24) is 0 Å². The van der Waals surface area contributed by atoms with Crippen LogP contribution in [0.15, 0.2) is 22.7 Å². The number of ether oxygens (including phenoxy) is 1. The predicted octanol–water partition coefficient (Wildman–Crippen LogP) is 2.28. The van der Waals surface area contributed by atoms with Gasteiger partial charge < -0.3 is 10.5 Å². The fraction of sp³-hybridized carbons (Fsp3) is 0.222. The van der Waals surface area contributed by atoms with Gasteiger partial charge in [-0.3, -0.25) is 4.79 Å². The van der Waals surface area contributed by atoms with Crippen molar-refractivity contribution in [2.24, 2.45) is 5.73 Å². The molecule has 5 heteroatoms. The van der Waals surface area contributed by atoms with Gasteiger partial charge in [0, 0.05) is 4.47 Å². The number of halogens is 2. The van der Waals surface area contributed by atoms with Crippen molar-refractivity contribution in [2.45, 2.75) is 6.04 Å². The summed E-state index contributed by atoms with van der Waals surface area (Å²) < 4.78 is 5.23. The molecule has 1 atom stereocenters. The van der Waals surface area contributed by atoms with Crippen LogP contribution in [0.2, 0.25) is 5.02 Å². The molecule has 1 aromatic carbocycles. The SMILES string of the molecule is COC(=O)C(N)c1ccc(Cl)c(Br)c1. The molecule has 0 spiro atoms. The van der Waals surface area contributed by atoms with Gasteiger partial charge in [0.2, 0.25) is 0 Å². The summed E-state index contributed by atoms with van der Waals surface area (Å²) in [5.74, 6) is -0.473. The lowest BCUT2D eigenvalue weighted by atomic mass is 10.1. The molecule has 1 rings (SSSR count). The Bertz CT molecular complexity index is 357. The highest BCUT2D eigenvalue weighted by Gasteiger charge is 2.16. The van der Waals surface area contributed by atoms with Crippen LogP contribution in [-0.2, 0) is 9.53 Å². The zero-order valence-electron chi connectivity index (χ0n) is 7.46. The first-order valence-electron chi connectivity index (χ1n) is 3.84. The average molecular weight is 279 g/mol. The second-order valence-corrected chi connectivity index (χ2v) is 3.94. The molecular formula is C9H9BrClNO2. The summed E-state index contributed by atoms with van der Waals surface area (Å²) >= 11 is 9.04. The molecule has 0 saturated heterocycles. The summed E-state index contributed by atoms with van der Waals surface area (Å²) in [6.07, 6.45) is 0. The van der Waals surface area contributed by atoms with E-state index in [9.17, 15) is 4.79 Å². The number of esters is 1. The second kappa shape index (κ2) is 4.77. The van der Waals surface area contributed by atoms with E-state index in [1.165, 1.54) is 7.11 Å². The molecule has 0 amide bonds. The lowest BCUT2D eigenvalue weighted by molar-refractivity contribution is -0.142. The quantitative estimate of drug-likeness (QED) is 0.844. The van der Waals surface area contributed by atoms with Crippen LogP contribution in [-0.4, -0.2) is 13.1 Å². The second-order valence-electron chi connectivity index (χ2n) is 2.67. The Morgan fingerprint density at radius 2 is 2.29 bits per heavy atom. The number of carbonyl (C=O) groups is 1. The van der Waals surface area contributed by atoms with Gasteiger partial charge >= 0.3 is 5.97 Å². The maximum atomic E-state index is 11.1. The Morgan fingerprint density at radius 1 is 1.64 bits per heavy atom. The highest BCUT2D eigenvalue weighted by atomic mass is 79.9. The zero-order valence-corrected chi connectivity index (χ0v) is 9.80. The molecule has 0 aliphatic carbocycles. The first-order valence-corrected chi connectivity index (χ1v) is 5.01. The van der Waals surface area contributed by atoms with E-state index in [0.717, 1.165) is 0 Å². The van der Waals surface area contributed by atoms with Crippen LogP contribution < -0.4 is 5.73 Å². The van der Waals surface area contributed by atoms with Gasteiger partial charge in [-0.15, -0.1) is 0 Å². The van der Waals surface area contributed by atoms with Crippen LogP contribution in [0.25, 0.3) is 0 Å². The predicted molar refractivity (Wildman–Crippen MR) is 58.1 cm³/mol. The van der Waals surface area contributed by atoms with Gasteiger partial charge in [-0.25, -0.2) is 0 Å².